The Morgan fingerprint density at radius 2 is 2.10 bits per heavy atom. The van der Waals surface area contributed by atoms with Gasteiger partial charge in [-0.1, -0.05) is 23.9 Å². The Labute approximate surface area is 125 Å². The van der Waals surface area contributed by atoms with Crippen LogP contribution >= 0.6 is 11.8 Å². The summed E-state index contributed by atoms with van der Waals surface area (Å²) in [4.78, 5) is 26.9. The molecule has 0 aliphatic heterocycles. The molecule has 2 rings (SSSR count). The molecule has 0 atom stereocenters. The highest BCUT2D eigenvalue weighted by Gasteiger charge is 2.27. The van der Waals surface area contributed by atoms with E-state index in [-0.39, 0.29) is 18.2 Å². The molecule has 2 aromatic rings. The first kappa shape index (κ1) is 15.4. The number of hydrogen-bond donors (Lipinski definition) is 2. The van der Waals surface area contributed by atoms with Crippen molar-refractivity contribution in [2.24, 2.45) is 5.41 Å². The summed E-state index contributed by atoms with van der Waals surface area (Å²) in [6, 6.07) is 7.35. The number of carbonyl (C=O) groups is 2. The molecule has 0 bridgehead atoms. The molecular formula is C14H16N2O4S. The van der Waals surface area contributed by atoms with E-state index in [4.69, 9.17) is 9.52 Å². The first-order valence-electron chi connectivity index (χ1n) is 6.37. The number of carboxylic acids is 1. The Balaban J connectivity index is 1.85. The largest absolute Gasteiger partial charge is 0.481 e. The second-order valence-electron chi connectivity index (χ2n) is 5.20. The van der Waals surface area contributed by atoms with Crippen molar-refractivity contribution in [2.45, 2.75) is 19.1 Å². The number of carboxylic acid groups (broad SMARTS) is 1. The Kier molecular flexibility index (Phi) is 4.52. The Morgan fingerprint density at radius 3 is 2.76 bits per heavy atom. The van der Waals surface area contributed by atoms with Crippen molar-refractivity contribution in [2.75, 3.05) is 12.3 Å². The van der Waals surface area contributed by atoms with E-state index < -0.39 is 11.4 Å². The number of thioether (sulfide) groups is 1. The number of amides is 1. The second-order valence-corrected chi connectivity index (χ2v) is 6.13. The van der Waals surface area contributed by atoms with Gasteiger partial charge >= 0.3 is 5.97 Å². The van der Waals surface area contributed by atoms with E-state index in [1.54, 1.807) is 13.8 Å². The number of para-hydroxylation sites is 2. The SMILES string of the molecule is CC(C)(CNC(=O)CSc1nc2ccccc2o1)C(=O)O. The van der Waals surface area contributed by atoms with Crippen LogP contribution in [0.3, 0.4) is 0 Å². The number of aromatic nitrogens is 1. The van der Waals surface area contributed by atoms with Crippen LogP contribution in [0.5, 0.6) is 0 Å². The maximum Gasteiger partial charge on any atom is 0.310 e. The molecule has 1 aromatic heterocycles. The molecule has 21 heavy (non-hydrogen) atoms. The van der Waals surface area contributed by atoms with Gasteiger partial charge in [-0.25, -0.2) is 4.98 Å². The number of aliphatic carboxylic acids is 1. The fraction of sp³-hybridized carbons (Fsp3) is 0.357. The topological polar surface area (TPSA) is 92.4 Å². The monoisotopic (exact) mass is 308 g/mol. The molecule has 0 aliphatic carbocycles. The predicted molar refractivity (Wildman–Crippen MR) is 79.2 cm³/mol. The van der Waals surface area contributed by atoms with Crippen molar-refractivity contribution < 1.29 is 19.1 Å². The van der Waals surface area contributed by atoms with Gasteiger partial charge in [0.25, 0.3) is 5.22 Å². The maximum atomic E-state index is 11.7. The zero-order valence-corrected chi connectivity index (χ0v) is 12.6. The van der Waals surface area contributed by atoms with E-state index in [0.717, 1.165) is 5.52 Å². The molecule has 0 saturated carbocycles. The van der Waals surface area contributed by atoms with Gasteiger partial charge in [0.1, 0.15) is 5.52 Å². The summed E-state index contributed by atoms with van der Waals surface area (Å²) in [5, 5.41) is 12.0. The number of hydrogen-bond acceptors (Lipinski definition) is 5. The van der Waals surface area contributed by atoms with Gasteiger partial charge in [-0.05, 0) is 26.0 Å². The molecule has 0 spiro atoms. The van der Waals surface area contributed by atoms with Crippen LogP contribution < -0.4 is 5.32 Å². The van der Waals surface area contributed by atoms with Crippen molar-refractivity contribution in [1.82, 2.24) is 10.3 Å². The van der Waals surface area contributed by atoms with Crippen molar-refractivity contribution >= 4 is 34.7 Å². The summed E-state index contributed by atoms with van der Waals surface area (Å²) in [5.41, 5.74) is 0.428. The van der Waals surface area contributed by atoms with Gasteiger partial charge in [0.2, 0.25) is 5.91 Å². The smallest absolute Gasteiger partial charge is 0.310 e. The number of fused-ring (bicyclic) bond motifs is 1. The Hall–Kier alpha value is -2.02. The van der Waals surface area contributed by atoms with Crippen LogP contribution in [0.1, 0.15) is 13.8 Å². The van der Waals surface area contributed by atoms with Crippen molar-refractivity contribution in [3.05, 3.63) is 24.3 Å². The molecule has 1 amide bonds. The quantitative estimate of drug-likeness (QED) is 0.794. The van der Waals surface area contributed by atoms with Crippen molar-refractivity contribution in [1.29, 1.82) is 0 Å². The van der Waals surface area contributed by atoms with Gasteiger partial charge in [0.05, 0.1) is 11.2 Å². The van der Waals surface area contributed by atoms with Crippen LogP contribution in [0.4, 0.5) is 0 Å². The molecule has 0 fully saturated rings. The van der Waals surface area contributed by atoms with E-state index >= 15 is 0 Å². The molecule has 1 heterocycles. The molecule has 6 nitrogen and oxygen atoms in total. The summed E-state index contributed by atoms with van der Waals surface area (Å²) in [6.45, 7) is 3.20. The average molecular weight is 308 g/mol. The predicted octanol–water partition coefficient (Wildman–Crippen LogP) is 2.15. The lowest BCUT2D eigenvalue weighted by Crippen LogP contribution is -2.39. The average Bonchev–Trinajstić information content (AvgIpc) is 2.85. The van der Waals surface area contributed by atoms with Gasteiger partial charge in [-0.3, -0.25) is 9.59 Å². The molecular weight excluding hydrogens is 292 g/mol. The van der Waals surface area contributed by atoms with Crippen LogP contribution in [-0.2, 0) is 9.59 Å². The van der Waals surface area contributed by atoms with Gasteiger partial charge < -0.3 is 14.8 Å². The summed E-state index contributed by atoms with van der Waals surface area (Å²) >= 11 is 1.18. The van der Waals surface area contributed by atoms with Crippen molar-refractivity contribution in [3.8, 4) is 0 Å². The number of nitrogens with one attached hydrogen (secondary N) is 1. The Morgan fingerprint density at radius 1 is 1.38 bits per heavy atom. The lowest BCUT2D eigenvalue weighted by molar-refractivity contribution is -0.146. The Bertz CT molecular complexity index is 633. The summed E-state index contributed by atoms with van der Waals surface area (Å²) in [5.74, 6) is -1.08. The lowest BCUT2D eigenvalue weighted by Gasteiger charge is -2.19. The zero-order chi connectivity index (χ0) is 15.5. The highest BCUT2D eigenvalue weighted by atomic mass is 32.2. The van der Waals surface area contributed by atoms with E-state index in [0.29, 0.717) is 10.8 Å². The van der Waals surface area contributed by atoms with Crippen LogP contribution in [0.25, 0.3) is 11.1 Å². The highest BCUT2D eigenvalue weighted by molar-refractivity contribution is 7.99. The van der Waals surface area contributed by atoms with Gasteiger partial charge in [-0.15, -0.1) is 0 Å². The van der Waals surface area contributed by atoms with E-state index in [9.17, 15) is 9.59 Å². The van der Waals surface area contributed by atoms with E-state index in [1.165, 1.54) is 11.8 Å². The van der Waals surface area contributed by atoms with Gasteiger partial charge in [0.15, 0.2) is 5.58 Å². The number of oxazole rings is 1. The molecule has 0 saturated heterocycles. The van der Waals surface area contributed by atoms with E-state index in [1.807, 2.05) is 24.3 Å². The minimum atomic E-state index is -0.988. The lowest BCUT2D eigenvalue weighted by atomic mass is 9.94. The fourth-order valence-corrected chi connectivity index (χ4v) is 2.15. The number of carbonyl (C=O) groups excluding carboxylic acids is 1. The molecule has 112 valence electrons. The highest BCUT2D eigenvalue weighted by Crippen LogP contribution is 2.23. The first-order chi connectivity index (χ1) is 9.88. The maximum absolute atomic E-state index is 11.7. The third-order valence-electron chi connectivity index (χ3n) is 2.91. The van der Waals surface area contributed by atoms with E-state index in [2.05, 4.69) is 10.3 Å². The third-order valence-corrected chi connectivity index (χ3v) is 3.74. The summed E-state index contributed by atoms with van der Waals surface area (Å²) in [6.07, 6.45) is 0. The third kappa shape index (κ3) is 3.98. The summed E-state index contributed by atoms with van der Waals surface area (Å²) in [7, 11) is 0. The normalized spacial score (nSPS) is 11.5. The number of nitrogens with zero attached hydrogens (tertiary/aromatic N) is 1. The minimum absolute atomic E-state index is 0.0787. The van der Waals surface area contributed by atoms with Crippen LogP contribution in [-0.4, -0.2) is 34.3 Å². The minimum Gasteiger partial charge on any atom is -0.481 e. The van der Waals surface area contributed by atoms with Gasteiger partial charge in [-0.2, -0.15) is 0 Å². The molecule has 2 N–H and O–H groups in total. The first-order valence-corrected chi connectivity index (χ1v) is 7.35. The fourth-order valence-electron chi connectivity index (χ4n) is 1.49. The van der Waals surface area contributed by atoms with Crippen molar-refractivity contribution in [3.63, 3.8) is 0 Å². The number of rotatable bonds is 6. The second kappa shape index (κ2) is 6.17. The molecule has 7 heteroatoms. The van der Waals surface area contributed by atoms with Crippen LogP contribution in [0.15, 0.2) is 33.9 Å². The zero-order valence-electron chi connectivity index (χ0n) is 11.8. The number of benzene rings is 1. The molecule has 1 aromatic carbocycles. The standard InChI is InChI=1S/C14H16N2O4S/c1-14(2,12(18)19)8-15-11(17)7-21-13-16-9-5-3-4-6-10(9)20-13/h3-6H,7-8H2,1-2H3,(H,15,17)(H,18,19). The van der Waals surface area contributed by atoms with Gasteiger partial charge in [0, 0.05) is 6.54 Å². The molecule has 0 radical (unpaired) electrons. The van der Waals surface area contributed by atoms with Crippen LogP contribution in [0.2, 0.25) is 0 Å². The molecule has 0 unspecified atom stereocenters. The molecule has 0 aliphatic rings. The van der Waals surface area contributed by atoms with Crippen LogP contribution in [0, 0.1) is 5.41 Å². The summed E-state index contributed by atoms with van der Waals surface area (Å²) < 4.78 is 5.48.